The van der Waals surface area contributed by atoms with Crippen molar-refractivity contribution in [2.24, 2.45) is 0 Å². The Labute approximate surface area is 172 Å². The van der Waals surface area contributed by atoms with Crippen LogP contribution in [0, 0.1) is 10.7 Å². The van der Waals surface area contributed by atoms with Crippen LogP contribution in [-0.2, 0) is 0 Å². The summed E-state index contributed by atoms with van der Waals surface area (Å²) in [6, 6.07) is 9.32. The van der Waals surface area contributed by atoms with Crippen molar-refractivity contribution in [3.05, 3.63) is 51.1 Å². The summed E-state index contributed by atoms with van der Waals surface area (Å²) in [6.07, 6.45) is 0. The van der Waals surface area contributed by atoms with Crippen molar-refractivity contribution in [1.82, 2.24) is 0 Å². The molecule has 110 valence electrons. The summed E-state index contributed by atoms with van der Waals surface area (Å²) in [6.45, 7) is 0. The SMILES string of the molecule is COc1ccc(C(=O)Nc2c(I)cc(I)cc2I)cc1Br. The average Bonchev–Trinajstić information content (AvgIpc) is 2.42. The van der Waals surface area contributed by atoms with Crippen molar-refractivity contribution in [2.45, 2.75) is 0 Å². The first kappa shape index (κ1) is 17.7. The molecular weight excluding hydrogens is 675 g/mol. The van der Waals surface area contributed by atoms with E-state index in [1.54, 1.807) is 25.3 Å². The van der Waals surface area contributed by atoms with Crippen LogP contribution in [-0.4, -0.2) is 13.0 Å². The Hall–Kier alpha value is 0.380. The zero-order valence-electron chi connectivity index (χ0n) is 10.7. The lowest BCUT2D eigenvalue weighted by Crippen LogP contribution is -2.14. The Bertz CT molecular complexity index is 684. The van der Waals surface area contributed by atoms with Gasteiger partial charge >= 0.3 is 0 Å². The molecule has 1 amide bonds. The van der Waals surface area contributed by atoms with Crippen LogP contribution in [0.15, 0.2) is 34.8 Å². The number of benzene rings is 2. The van der Waals surface area contributed by atoms with Gasteiger partial charge in [0.05, 0.1) is 17.3 Å². The summed E-state index contributed by atoms with van der Waals surface area (Å²) in [4.78, 5) is 12.4. The van der Waals surface area contributed by atoms with Gasteiger partial charge in [0.1, 0.15) is 5.75 Å². The number of amides is 1. The first-order valence-corrected chi connectivity index (χ1v) is 9.74. The molecular formula is C14H9BrI3NO2. The predicted molar refractivity (Wildman–Crippen MR) is 113 cm³/mol. The van der Waals surface area contributed by atoms with E-state index in [0.29, 0.717) is 11.3 Å². The van der Waals surface area contributed by atoms with Gasteiger partial charge in [-0.3, -0.25) is 4.79 Å². The van der Waals surface area contributed by atoms with Crippen LogP contribution in [0.3, 0.4) is 0 Å². The van der Waals surface area contributed by atoms with Crippen LogP contribution in [0.1, 0.15) is 10.4 Å². The Kier molecular flexibility index (Phi) is 6.56. The zero-order chi connectivity index (χ0) is 15.6. The molecule has 0 fully saturated rings. The third-order valence-electron chi connectivity index (χ3n) is 2.66. The fraction of sp³-hybridized carbons (Fsp3) is 0.0714. The number of rotatable bonds is 3. The summed E-state index contributed by atoms with van der Waals surface area (Å²) in [5.74, 6) is 0.556. The van der Waals surface area contributed by atoms with E-state index in [4.69, 9.17) is 4.74 Å². The average molecular weight is 684 g/mol. The fourth-order valence-electron chi connectivity index (χ4n) is 1.65. The van der Waals surface area contributed by atoms with Gasteiger partial charge in [-0.05, 0) is 114 Å². The maximum Gasteiger partial charge on any atom is 0.255 e. The number of methoxy groups -OCH3 is 1. The summed E-state index contributed by atoms with van der Waals surface area (Å²) >= 11 is 10.1. The third kappa shape index (κ3) is 4.44. The topological polar surface area (TPSA) is 38.3 Å². The van der Waals surface area contributed by atoms with E-state index in [1.165, 1.54) is 0 Å². The number of anilines is 1. The molecule has 0 bridgehead atoms. The largest absolute Gasteiger partial charge is 0.496 e. The third-order valence-corrected chi connectivity index (χ3v) is 5.60. The van der Waals surface area contributed by atoms with E-state index in [9.17, 15) is 4.79 Å². The highest BCUT2D eigenvalue weighted by Gasteiger charge is 2.13. The van der Waals surface area contributed by atoms with E-state index >= 15 is 0 Å². The Balaban J connectivity index is 2.28. The quantitative estimate of drug-likeness (QED) is 0.433. The number of carbonyl (C=O) groups excluding carboxylic acids is 1. The molecule has 0 radical (unpaired) electrons. The molecule has 0 aliphatic rings. The summed E-state index contributed by atoms with van der Waals surface area (Å²) in [7, 11) is 1.59. The van der Waals surface area contributed by atoms with Gasteiger partial charge in [0.2, 0.25) is 0 Å². The van der Waals surface area contributed by atoms with Crippen LogP contribution >= 0.6 is 83.7 Å². The van der Waals surface area contributed by atoms with Crippen LogP contribution in [0.25, 0.3) is 0 Å². The Morgan fingerprint density at radius 3 is 2.29 bits per heavy atom. The van der Waals surface area contributed by atoms with E-state index in [1.807, 2.05) is 12.1 Å². The molecule has 2 aromatic carbocycles. The summed E-state index contributed by atoms with van der Waals surface area (Å²) in [5, 5.41) is 2.97. The van der Waals surface area contributed by atoms with Crippen molar-refractivity contribution in [1.29, 1.82) is 0 Å². The van der Waals surface area contributed by atoms with Gasteiger partial charge in [0, 0.05) is 16.3 Å². The van der Waals surface area contributed by atoms with E-state index < -0.39 is 0 Å². The highest BCUT2D eigenvalue weighted by Crippen LogP contribution is 2.29. The van der Waals surface area contributed by atoms with Gasteiger partial charge in [-0.2, -0.15) is 0 Å². The molecule has 3 nitrogen and oxygen atoms in total. The minimum Gasteiger partial charge on any atom is -0.496 e. The molecule has 2 aromatic rings. The van der Waals surface area contributed by atoms with Gasteiger partial charge in [-0.25, -0.2) is 0 Å². The molecule has 0 unspecified atom stereocenters. The molecule has 0 aliphatic heterocycles. The van der Waals surface area contributed by atoms with Crippen molar-refractivity contribution in [3.8, 4) is 5.75 Å². The number of nitrogens with one attached hydrogen (secondary N) is 1. The molecule has 0 atom stereocenters. The van der Waals surface area contributed by atoms with Crippen LogP contribution in [0.5, 0.6) is 5.75 Å². The lowest BCUT2D eigenvalue weighted by atomic mass is 10.2. The number of halogens is 4. The molecule has 21 heavy (non-hydrogen) atoms. The lowest BCUT2D eigenvalue weighted by Gasteiger charge is -2.11. The highest BCUT2D eigenvalue weighted by atomic mass is 127. The maximum absolute atomic E-state index is 12.4. The molecule has 0 saturated heterocycles. The summed E-state index contributed by atoms with van der Waals surface area (Å²) < 4.78 is 9.10. The maximum atomic E-state index is 12.4. The molecule has 2 rings (SSSR count). The van der Waals surface area contributed by atoms with E-state index in [0.717, 1.165) is 20.9 Å². The molecule has 0 aromatic heterocycles. The number of ether oxygens (including phenoxy) is 1. The predicted octanol–water partition coefficient (Wildman–Crippen LogP) is 5.52. The molecule has 0 spiro atoms. The fourth-order valence-corrected chi connectivity index (χ4v) is 6.05. The van der Waals surface area contributed by atoms with Crippen molar-refractivity contribution >= 4 is 95.3 Å². The van der Waals surface area contributed by atoms with Crippen LogP contribution in [0.2, 0.25) is 0 Å². The normalized spacial score (nSPS) is 10.3. The number of carbonyl (C=O) groups is 1. The van der Waals surface area contributed by atoms with Crippen LogP contribution in [0.4, 0.5) is 5.69 Å². The lowest BCUT2D eigenvalue weighted by molar-refractivity contribution is 0.102. The minimum absolute atomic E-state index is 0.143. The number of hydrogen-bond donors (Lipinski definition) is 1. The molecule has 7 heteroatoms. The van der Waals surface area contributed by atoms with Crippen molar-refractivity contribution in [2.75, 3.05) is 12.4 Å². The van der Waals surface area contributed by atoms with Gasteiger partial charge in [-0.15, -0.1) is 0 Å². The Morgan fingerprint density at radius 2 is 1.76 bits per heavy atom. The van der Waals surface area contributed by atoms with Gasteiger partial charge in [0.25, 0.3) is 5.91 Å². The van der Waals surface area contributed by atoms with Crippen molar-refractivity contribution in [3.63, 3.8) is 0 Å². The van der Waals surface area contributed by atoms with Gasteiger partial charge in [0.15, 0.2) is 0 Å². The van der Waals surface area contributed by atoms with E-state index in [-0.39, 0.29) is 5.91 Å². The first-order valence-electron chi connectivity index (χ1n) is 5.72. The number of hydrogen-bond acceptors (Lipinski definition) is 2. The monoisotopic (exact) mass is 683 g/mol. The second-order valence-corrected chi connectivity index (χ2v) is 8.47. The second-order valence-electron chi connectivity index (χ2n) is 4.05. The van der Waals surface area contributed by atoms with Gasteiger partial charge in [-0.1, -0.05) is 0 Å². The molecule has 0 aliphatic carbocycles. The molecule has 1 N–H and O–H groups in total. The zero-order valence-corrected chi connectivity index (χ0v) is 18.8. The Morgan fingerprint density at radius 1 is 1.14 bits per heavy atom. The molecule has 0 saturated carbocycles. The van der Waals surface area contributed by atoms with Gasteiger partial charge < -0.3 is 10.1 Å². The van der Waals surface area contributed by atoms with E-state index in [2.05, 4.69) is 89.0 Å². The van der Waals surface area contributed by atoms with Crippen molar-refractivity contribution < 1.29 is 9.53 Å². The smallest absolute Gasteiger partial charge is 0.255 e. The minimum atomic E-state index is -0.143. The van der Waals surface area contributed by atoms with Crippen LogP contribution < -0.4 is 10.1 Å². The first-order chi connectivity index (χ1) is 9.92. The standard InChI is InChI=1S/C14H9BrI3NO2/c1-21-12-3-2-7(4-9(12)15)14(20)19-13-10(17)5-8(16)6-11(13)18/h2-6H,1H3,(H,19,20). The molecule has 0 heterocycles. The summed E-state index contributed by atoms with van der Waals surface area (Å²) in [5.41, 5.74) is 1.42. The highest BCUT2D eigenvalue weighted by molar-refractivity contribution is 14.1. The second kappa shape index (κ2) is 7.77.